The van der Waals surface area contributed by atoms with Gasteiger partial charge in [-0.05, 0) is 42.4 Å². The minimum atomic E-state index is 0.778. The van der Waals surface area contributed by atoms with Gasteiger partial charge in [0, 0.05) is 24.5 Å². The minimum Gasteiger partial charge on any atom is -0.346 e. The summed E-state index contributed by atoms with van der Waals surface area (Å²) in [5.41, 5.74) is 1.24. The van der Waals surface area contributed by atoms with E-state index in [2.05, 4.69) is 27.2 Å². The summed E-state index contributed by atoms with van der Waals surface area (Å²) < 4.78 is 0. The van der Waals surface area contributed by atoms with Crippen LogP contribution in [0.15, 0.2) is 24.3 Å². The molecule has 1 saturated carbocycles. The Hall–Kier alpha value is -1.13. The van der Waals surface area contributed by atoms with Crippen molar-refractivity contribution in [2.24, 2.45) is 11.8 Å². The summed E-state index contributed by atoms with van der Waals surface area (Å²) in [4.78, 5) is 2.44. The SMILES string of the molecule is Clc1ccc(Cc2nnc(N3CC4CCCC4C3)s2)cc1. The molecule has 1 aromatic heterocycles. The van der Waals surface area contributed by atoms with Crippen molar-refractivity contribution >= 4 is 28.1 Å². The summed E-state index contributed by atoms with van der Waals surface area (Å²) in [6.07, 6.45) is 5.06. The average molecular weight is 320 g/mol. The number of benzene rings is 1. The molecule has 110 valence electrons. The van der Waals surface area contributed by atoms with Crippen LogP contribution in [-0.4, -0.2) is 23.3 Å². The molecule has 1 aliphatic heterocycles. The van der Waals surface area contributed by atoms with Gasteiger partial charge in [-0.2, -0.15) is 0 Å². The van der Waals surface area contributed by atoms with Gasteiger partial charge in [-0.25, -0.2) is 0 Å². The monoisotopic (exact) mass is 319 g/mol. The Morgan fingerprint density at radius 2 is 1.81 bits per heavy atom. The highest BCUT2D eigenvalue weighted by molar-refractivity contribution is 7.15. The second-order valence-electron chi connectivity index (χ2n) is 6.14. The highest BCUT2D eigenvalue weighted by Gasteiger charge is 2.37. The van der Waals surface area contributed by atoms with Crippen molar-refractivity contribution < 1.29 is 0 Å². The molecule has 0 amide bonds. The fourth-order valence-corrected chi connectivity index (χ4v) is 4.63. The lowest BCUT2D eigenvalue weighted by Gasteiger charge is -2.14. The zero-order valence-corrected chi connectivity index (χ0v) is 13.4. The molecule has 2 unspecified atom stereocenters. The van der Waals surface area contributed by atoms with Crippen LogP contribution in [0, 0.1) is 11.8 Å². The van der Waals surface area contributed by atoms with Crippen molar-refractivity contribution in [1.29, 1.82) is 0 Å². The van der Waals surface area contributed by atoms with Gasteiger partial charge >= 0.3 is 0 Å². The number of anilines is 1. The third kappa shape index (κ3) is 2.79. The second-order valence-corrected chi connectivity index (χ2v) is 7.61. The molecule has 0 radical (unpaired) electrons. The first-order valence-corrected chi connectivity index (χ1v) is 8.79. The van der Waals surface area contributed by atoms with Crippen LogP contribution in [0.25, 0.3) is 0 Å². The normalized spacial score (nSPS) is 24.5. The Bertz CT molecular complexity index is 613. The molecule has 3 nitrogen and oxygen atoms in total. The molecule has 1 aromatic carbocycles. The molecule has 21 heavy (non-hydrogen) atoms. The molecular weight excluding hydrogens is 302 g/mol. The van der Waals surface area contributed by atoms with Crippen LogP contribution in [-0.2, 0) is 6.42 Å². The molecule has 2 heterocycles. The van der Waals surface area contributed by atoms with Crippen LogP contribution < -0.4 is 4.90 Å². The number of nitrogens with zero attached hydrogens (tertiary/aromatic N) is 3. The summed E-state index contributed by atoms with van der Waals surface area (Å²) in [6, 6.07) is 7.98. The summed E-state index contributed by atoms with van der Waals surface area (Å²) in [5, 5.41) is 11.7. The quantitative estimate of drug-likeness (QED) is 0.855. The fourth-order valence-electron chi connectivity index (χ4n) is 3.61. The van der Waals surface area contributed by atoms with Crippen LogP contribution >= 0.6 is 22.9 Å². The number of rotatable bonds is 3. The molecule has 0 N–H and O–H groups in total. The Kier molecular flexibility index (Phi) is 3.59. The van der Waals surface area contributed by atoms with E-state index in [1.165, 1.54) is 37.9 Å². The Balaban J connectivity index is 1.45. The zero-order chi connectivity index (χ0) is 14.2. The predicted octanol–water partition coefficient (Wildman–Crippen LogP) is 4.02. The Morgan fingerprint density at radius 3 is 2.52 bits per heavy atom. The molecule has 2 aromatic rings. The lowest BCUT2D eigenvalue weighted by atomic mass is 10.0. The van der Waals surface area contributed by atoms with Gasteiger partial charge in [0.15, 0.2) is 0 Å². The maximum absolute atomic E-state index is 5.92. The highest BCUT2D eigenvalue weighted by Crippen LogP contribution is 2.40. The van der Waals surface area contributed by atoms with Crippen LogP contribution in [0.4, 0.5) is 5.13 Å². The van der Waals surface area contributed by atoms with Crippen LogP contribution in [0.1, 0.15) is 29.8 Å². The molecule has 2 atom stereocenters. The second kappa shape index (κ2) is 5.58. The first-order valence-electron chi connectivity index (χ1n) is 7.60. The molecule has 2 aliphatic rings. The molecule has 1 aliphatic carbocycles. The van der Waals surface area contributed by atoms with Crippen molar-refractivity contribution in [3.8, 4) is 0 Å². The van der Waals surface area contributed by atoms with Gasteiger partial charge in [-0.15, -0.1) is 10.2 Å². The Morgan fingerprint density at radius 1 is 1.10 bits per heavy atom. The number of fused-ring (bicyclic) bond motifs is 1. The summed E-state index contributed by atoms with van der Waals surface area (Å²) in [5.74, 6) is 1.79. The molecule has 1 saturated heterocycles. The van der Waals surface area contributed by atoms with E-state index in [-0.39, 0.29) is 0 Å². The molecule has 0 bridgehead atoms. The molecule has 2 fully saturated rings. The van der Waals surface area contributed by atoms with Gasteiger partial charge in [0.2, 0.25) is 5.13 Å². The lowest BCUT2D eigenvalue weighted by molar-refractivity contribution is 0.494. The third-order valence-corrected chi connectivity index (χ3v) is 5.96. The number of hydrogen-bond donors (Lipinski definition) is 0. The average Bonchev–Trinajstić information content (AvgIpc) is 3.15. The number of hydrogen-bond acceptors (Lipinski definition) is 4. The van der Waals surface area contributed by atoms with E-state index >= 15 is 0 Å². The van der Waals surface area contributed by atoms with Crippen molar-refractivity contribution in [2.75, 3.05) is 18.0 Å². The van der Waals surface area contributed by atoms with E-state index in [0.29, 0.717) is 0 Å². The lowest BCUT2D eigenvalue weighted by Crippen LogP contribution is -2.20. The zero-order valence-electron chi connectivity index (χ0n) is 11.8. The largest absolute Gasteiger partial charge is 0.346 e. The van der Waals surface area contributed by atoms with E-state index in [1.54, 1.807) is 11.3 Å². The summed E-state index contributed by atoms with van der Waals surface area (Å²) >= 11 is 7.66. The number of aromatic nitrogens is 2. The van der Waals surface area contributed by atoms with E-state index in [4.69, 9.17) is 11.6 Å². The highest BCUT2D eigenvalue weighted by atomic mass is 35.5. The van der Waals surface area contributed by atoms with Gasteiger partial charge < -0.3 is 4.90 Å². The van der Waals surface area contributed by atoms with Gasteiger partial charge in [0.25, 0.3) is 0 Å². The van der Waals surface area contributed by atoms with E-state index in [9.17, 15) is 0 Å². The standard InChI is InChI=1S/C16H18ClN3S/c17-14-6-4-11(5-7-14)8-15-18-19-16(21-15)20-9-12-2-1-3-13(12)10-20/h4-7,12-13H,1-3,8-10H2. The van der Waals surface area contributed by atoms with Gasteiger partial charge in [0.05, 0.1) is 0 Å². The van der Waals surface area contributed by atoms with E-state index < -0.39 is 0 Å². The van der Waals surface area contributed by atoms with Gasteiger partial charge in [-0.3, -0.25) is 0 Å². The number of halogens is 1. The smallest absolute Gasteiger partial charge is 0.208 e. The summed E-state index contributed by atoms with van der Waals surface area (Å²) in [6.45, 7) is 2.36. The van der Waals surface area contributed by atoms with Gasteiger partial charge in [-0.1, -0.05) is 41.5 Å². The first kappa shape index (κ1) is 13.5. The van der Waals surface area contributed by atoms with Crippen molar-refractivity contribution in [1.82, 2.24) is 10.2 Å². The minimum absolute atomic E-state index is 0.778. The maximum atomic E-state index is 5.92. The summed E-state index contributed by atoms with van der Waals surface area (Å²) in [7, 11) is 0. The van der Waals surface area contributed by atoms with Gasteiger partial charge in [0.1, 0.15) is 5.01 Å². The first-order chi connectivity index (χ1) is 10.3. The van der Waals surface area contributed by atoms with Crippen LogP contribution in [0.2, 0.25) is 5.02 Å². The maximum Gasteiger partial charge on any atom is 0.208 e. The van der Waals surface area contributed by atoms with E-state index in [1.807, 2.05) is 12.1 Å². The molecule has 0 spiro atoms. The van der Waals surface area contributed by atoms with Crippen LogP contribution in [0.5, 0.6) is 0 Å². The van der Waals surface area contributed by atoms with Crippen molar-refractivity contribution in [3.63, 3.8) is 0 Å². The van der Waals surface area contributed by atoms with Crippen molar-refractivity contribution in [3.05, 3.63) is 39.9 Å². The molecule has 4 rings (SSSR count). The third-order valence-electron chi connectivity index (χ3n) is 4.72. The fraction of sp³-hybridized carbons (Fsp3) is 0.500. The molecular formula is C16H18ClN3S. The predicted molar refractivity (Wildman–Crippen MR) is 87.2 cm³/mol. The molecule has 5 heteroatoms. The topological polar surface area (TPSA) is 29.0 Å². The van der Waals surface area contributed by atoms with Crippen molar-refractivity contribution in [2.45, 2.75) is 25.7 Å². The Labute approximate surface area is 134 Å². The van der Waals surface area contributed by atoms with Crippen LogP contribution in [0.3, 0.4) is 0 Å². The van der Waals surface area contributed by atoms with E-state index in [0.717, 1.165) is 33.4 Å².